The second-order valence-electron chi connectivity index (χ2n) is 9.97. The van der Waals surface area contributed by atoms with Crippen LogP contribution in [0, 0.1) is 0 Å². The highest BCUT2D eigenvalue weighted by Crippen LogP contribution is 2.37. The molecule has 2 aliphatic heterocycles. The number of piperazine rings is 1. The number of aromatic nitrogens is 1. The van der Waals surface area contributed by atoms with Crippen LogP contribution in [0.1, 0.15) is 29.7 Å². The largest absolute Gasteiger partial charge is 0.495 e. The Hall–Kier alpha value is -3.61. The zero-order chi connectivity index (χ0) is 25.2. The van der Waals surface area contributed by atoms with E-state index in [0.717, 1.165) is 56.3 Å². The van der Waals surface area contributed by atoms with Gasteiger partial charge in [0.1, 0.15) is 18.0 Å². The molecule has 3 heterocycles. The second-order valence-corrected chi connectivity index (χ2v) is 9.97. The summed E-state index contributed by atoms with van der Waals surface area (Å²) in [5.74, 6) is 1.88. The SMILES string of the molecule is COc1ccccc1N1CCN(Cc2cc3c(c4ncccc24)OCN(C(C)c2ccccc2)C3)CC1. The molecule has 190 valence electrons. The summed E-state index contributed by atoms with van der Waals surface area (Å²) in [7, 11) is 1.75. The smallest absolute Gasteiger partial charge is 0.152 e. The van der Waals surface area contributed by atoms with Crippen molar-refractivity contribution in [2.24, 2.45) is 0 Å². The molecule has 0 N–H and O–H groups in total. The number of ether oxygens (including phenoxy) is 2. The Kier molecular flexibility index (Phi) is 6.68. The van der Waals surface area contributed by atoms with Crippen molar-refractivity contribution in [1.29, 1.82) is 0 Å². The highest BCUT2D eigenvalue weighted by molar-refractivity contribution is 5.89. The van der Waals surface area contributed by atoms with Crippen LogP contribution in [0.2, 0.25) is 0 Å². The van der Waals surface area contributed by atoms with Crippen LogP contribution < -0.4 is 14.4 Å². The maximum Gasteiger partial charge on any atom is 0.152 e. The first-order valence-electron chi connectivity index (χ1n) is 13.1. The topological polar surface area (TPSA) is 41.1 Å². The van der Waals surface area contributed by atoms with Crippen LogP contribution in [0.3, 0.4) is 0 Å². The first-order valence-corrected chi connectivity index (χ1v) is 13.1. The molecule has 37 heavy (non-hydrogen) atoms. The number of methoxy groups -OCH3 is 1. The fourth-order valence-electron chi connectivity index (χ4n) is 5.64. The molecule has 4 aromatic rings. The lowest BCUT2D eigenvalue weighted by Gasteiger charge is -2.37. The molecule has 3 aromatic carbocycles. The van der Waals surface area contributed by atoms with E-state index < -0.39 is 0 Å². The third kappa shape index (κ3) is 4.75. The zero-order valence-electron chi connectivity index (χ0n) is 21.6. The maximum atomic E-state index is 6.35. The number of para-hydroxylation sites is 2. The minimum atomic E-state index is 0.278. The van der Waals surface area contributed by atoms with Gasteiger partial charge in [-0.2, -0.15) is 0 Å². The van der Waals surface area contributed by atoms with E-state index in [1.165, 1.54) is 27.8 Å². The number of fused-ring (bicyclic) bond motifs is 3. The van der Waals surface area contributed by atoms with Crippen molar-refractivity contribution in [3.8, 4) is 11.5 Å². The number of anilines is 1. The maximum absolute atomic E-state index is 6.35. The summed E-state index contributed by atoms with van der Waals surface area (Å²) < 4.78 is 12.0. The molecule has 1 saturated heterocycles. The average Bonchev–Trinajstić information content (AvgIpc) is 2.97. The van der Waals surface area contributed by atoms with Gasteiger partial charge in [0.05, 0.1) is 12.8 Å². The molecule has 1 atom stereocenters. The monoisotopic (exact) mass is 494 g/mol. The predicted molar refractivity (Wildman–Crippen MR) is 148 cm³/mol. The first-order chi connectivity index (χ1) is 18.2. The molecule has 2 aliphatic rings. The Morgan fingerprint density at radius 2 is 1.73 bits per heavy atom. The molecule has 6 heteroatoms. The van der Waals surface area contributed by atoms with E-state index in [2.05, 4.69) is 76.2 Å². The van der Waals surface area contributed by atoms with Crippen LogP contribution in [0.4, 0.5) is 5.69 Å². The Bertz CT molecular complexity index is 1370. The van der Waals surface area contributed by atoms with E-state index in [9.17, 15) is 0 Å². The van der Waals surface area contributed by atoms with Crippen molar-refractivity contribution in [3.05, 3.63) is 95.7 Å². The van der Waals surface area contributed by atoms with Gasteiger partial charge in [-0.15, -0.1) is 0 Å². The number of pyridine rings is 1. The van der Waals surface area contributed by atoms with Gasteiger partial charge in [-0.05, 0) is 42.3 Å². The Balaban J connectivity index is 1.22. The van der Waals surface area contributed by atoms with Crippen LogP contribution in [0.5, 0.6) is 11.5 Å². The third-order valence-electron chi connectivity index (χ3n) is 7.78. The third-order valence-corrected chi connectivity index (χ3v) is 7.78. The summed E-state index contributed by atoms with van der Waals surface area (Å²) in [4.78, 5) is 12.1. The molecule has 0 amide bonds. The van der Waals surface area contributed by atoms with E-state index in [0.29, 0.717) is 6.73 Å². The lowest BCUT2D eigenvalue weighted by molar-refractivity contribution is 0.0629. The summed E-state index contributed by atoms with van der Waals surface area (Å²) in [5, 5.41) is 1.19. The van der Waals surface area contributed by atoms with Gasteiger partial charge in [0.2, 0.25) is 0 Å². The summed E-state index contributed by atoms with van der Waals surface area (Å²) in [6.45, 7) is 8.55. The average molecular weight is 495 g/mol. The van der Waals surface area contributed by atoms with Crippen molar-refractivity contribution < 1.29 is 9.47 Å². The van der Waals surface area contributed by atoms with E-state index in [1.54, 1.807) is 7.11 Å². The van der Waals surface area contributed by atoms with Gasteiger partial charge in [-0.25, -0.2) is 0 Å². The summed E-state index contributed by atoms with van der Waals surface area (Å²) in [6.07, 6.45) is 1.88. The molecule has 0 radical (unpaired) electrons. The first kappa shape index (κ1) is 23.8. The van der Waals surface area contributed by atoms with E-state index >= 15 is 0 Å². The lowest BCUT2D eigenvalue weighted by atomic mass is 9.99. The molecule has 6 nitrogen and oxygen atoms in total. The van der Waals surface area contributed by atoms with Gasteiger partial charge in [-0.3, -0.25) is 14.8 Å². The van der Waals surface area contributed by atoms with Crippen LogP contribution in [-0.4, -0.2) is 54.8 Å². The minimum absolute atomic E-state index is 0.278. The van der Waals surface area contributed by atoms with Crippen LogP contribution in [-0.2, 0) is 13.1 Å². The molecule has 0 saturated carbocycles. The number of nitrogens with zero attached hydrogens (tertiary/aromatic N) is 4. The van der Waals surface area contributed by atoms with Gasteiger partial charge < -0.3 is 14.4 Å². The van der Waals surface area contributed by atoms with Crippen molar-refractivity contribution in [2.45, 2.75) is 26.1 Å². The molecule has 6 rings (SSSR count). The second kappa shape index (κ2) is 10.4. The van der Waals surface area contributed by atoms with E-state index in [4.69, 9.17) is 14.5 Å². The fourth-order valence-corrected chi connectivity index (χ4v) is 5.64. The Labute approximate surface area is 219 Å². The van der Waals surface area contributed by atoms with Gasteiger partial charge in [0, 0.05) is 62.5 Å². The fraction of sp³-hybridized carbons (Fsp3) is 0.323. The minimum Gasteiger partial charge on any atom is -0.495 e. The summed E-state index contributed by atoms with van der Waals surface area (Å²) >= 11 is 0. The number of benzene rings is 3. The summed E-state index contributed by atoms with van der Waals surface area (Å²) in [6, 6.07) is 25.8. The highest BCUT2D eigenvalue weighted by atomic mass is 16.5. The lowest BCUT2D eigenvalue weighted by Crippen LogP contribution is -2.46. The van der Waals surface area contributed by atoms with Crippen molar-refractivity contribution >= 4 is 16.6 Å². The van der Waals surface area contributed by atoms with Gasteiger partial charge >= 0.3 is 0 Å². The molecule has 0 spiro atoms. The molecule has 1 fully saturated rings. The van der Waals surface area contributed by atoms with E-state index in [-0.39, 0.29) is 6.04 Å². The van der Waals surface area contributed by atoms with Crippen LogP contribution >= 0.6 is 0 Å². The van der Waals surface area contributed by atoms with E-state index in [1.807, 2.05) is 24.4 Å². The quantitative estimate of drug-likeness (QED) is 0.354. The highest BCUT2D eigenvalue weighted by Gasteiger charge is 2.27. The zero-order valence-corrected chi connectivity index (χ0v) is 21.6. The van der Waals surface area contributed by atoms with Gasteiger partial charge in [0.25, 0.3) is 0 Å². The summed E-state index contributed by atoms with van der Waals surface area (Å²) in [5.41, 5.74) is 6.02. The standard InChI is InChI=1S/C31H34N4O2/c1-23(24-9-4-3-5-10-24)35-21-26-19-25(27-11-8-14-32-30(27)31(26)37-22-35)20-33-15-17-34(18-16-33)28-12-6-7-13-29(28)36-2/h3-14,19,23H,15-18,20-22H2,1-2H3. The van der Waals surface area contributed by atoms with Gasteiger partial charge in [0.15, 0.2) is 5.75 Å². The molecular formula is C31H34N4O2. The molecule has 1 unspecified atom stereocenters. The number of rotatable bonds is 6. The van der Waals surface area contributed by atoms with Crippen molar-refractivity contribution in [1.82, 2.24) is 14.8 Å². The molecule has 0 bridgehead atoms. The predicted octanol–water partition coefficient (Wildman–Crippen LogP) is 5.48. The van der Waals surface area contributed by atoms with Gasteiger partial charge in [-0.1, -0.05) is 48.5 Å². The molecule has 1 aromatic heterocycles. The van der Waals surface area contributed by atoms with Crippen molar-refractivity contribution in [3.63, 3.8) is 0 Å². The van der Waals surface area contributed by atoms with Crippen LogP contribution in [0.15, 0.2) is 79.0 Å². The Morgan fingerprint density at radius 1 is 0.946 bits per heavy atom. The number of hydrogen-bond acceptors (Lipinski definition) is 6. The van der Waals surface area contributed by atoms with Crippen molar-refractivity contribution in [2.75, 3.05) is 44.9 Å². The number of hydrogen-bond donors (Lipinski definition) is 0. The molecule has 0 aliphatic carbocycles. The van der Waals surface area contributed by atoms with Crippen LogP contribution in [0.25, 0.3) is 10.9 Å². The normalized spacial score (nSPS) is 17.3. The Morgan fingerprint density at radius 3 is 2.54 bits per heavy atom. The molecular weight excluding hydrogens is 460 g/mol.